The molecule has 5 heteroatoms. The third-order valence-corrected chi connectivity index (χ3v) is 5.54. The van der Waals surface area contributed by atoms with E-state index in [-0.39, 0.29) is 5.91 Å². The fraction of sp³-hybridized carbons (Fsp3) is 0.333. The van der Waals surface area contributed by atoms with Gasteiger partial charge < -0.3 is 9.72 Å². The summed E-state index contributed by atoms with van der Waals surface area (Å²) in [7, 11) is 0. The van der Waals surface area contributed by atoms with E-state index in [2.05, 4.69) is 16.4 Å². The fourth-order valence-corrected chi connectivity index (χ4v) is 4.27. The molecule has 0 aliphatic heterocycles. The molecule has 0 spiro atoms. The van der Waals surface area contributed by atoms with E-state index in [4.69, 9.17) is 0 Å². The Labute approximate surface area is 139 Å². The number of nitrogens with zero attached hydrogens (tertiary/aromatic N) is 2. The molecule has 1 amide bonds. The molecule has 4 rings (SSSR count). The van der Waals surface area contributed by atoms with Crippen molar-refractivity contribution in [2.45, 2.75) is 32.1 Å². The monoisotopic (exact) mass is 325 g/mol. The summed E-state index contributed by atoms with van der Waals surface area (Å²) in [4.78, 5) is 19.1. The standard InChI is InChI=1S/C18H19N3OS/c22-18(16-11-13-5-1-2-6-15(13)23-16)19-9-8-14-12-21-10-4-3-7-17(21)20-14/h3-4,7,10-12H,1-2,5-6,8-9H2,(H,19,22). The smallest absolute Gasteiger partial charge is 0.261 e. The van der Waals surface area contributed by atoms with E-state index >= 15 is 0 Å². The van der Waals surface area contributed by atoms with Gasteiger partial charge in [0, 0.05) is 30.2 Å². The Kier molecular flexibility index (Phi) is 3.87. The predicted molar refractivity (Wildman–Crippen MR) is 92.2 cm³/mol. The van der Waals surface area contributed by atoms with Crippen molar-refractivity contribution in [1.29, 1.82) is 0 Å². The van der Waals surface area contributed by atoms with Gasteiger partial charge >= 0.3 is 0 Å². The second kappa shape index (κ2) is 6.16. The van der Waals surface area contributed by atoms with Crippen molar-refractivity contribution in [2.24, 2.45) is 0 Å². The Morgan fingerprint density at radius 1 is 1.30 bits per heavy atom. The van der Waals surface area contributed by atoms with Crippen molar-refractivity contribution >= 4 is 22.9 Å². The van der Waals surface area contributed by atoms with E-state index in [0.29, 0.717) is 6.54 Å². The van der Waals surface area contributed by atoms with E-state index in [1.807, 2.05) is 35.0 Å². The zero-order valence-corrected chi connectivity index (χ0v) is 13.7. The number of hydrogen-bond donors (Lipinski definition) is 1. The van der Waals surface area contributed by atoms with Crippen molar-refractivity contribution in [3.8, 4) is 0 Å². The van der Waals surface area contributed by atoms with Gasteiger partial charge in [-0.15, -0.1) is 11.3 Å². The van der Waals surface area contributed by atoms with Crippen LogP contribution in [0.1, 0.15) is 38.6 Å². The van der Waals surface area contributed by atoms with Gasteiger partial charge in [-0.2, -0.15) is 0 Å². The van der Waals surface area contributed by atoms with Gasteiger partial charge in [0.15, 0.2) is 0 Å². The van der Waals surface area contributed by atoms with E-state index < -0.39 is 0 Å². The number of fused-ring (bicyclic) bond motifs is 2. The Bertz CT molecular complexity index is 792. The second-order valence-electron chi connectivity index (χ2n) is 5.97. The van der Waals surface area contributed by atoms with Crippen molar-refractivity contribution < 1.29 is 4.79 Å². The van der Waals surface area contributed by atoms with Crippen LogP contribution in [0.4, 0.5) is 0 Å². The quantitative estimate of drug-likeness (QED) is 0.800. The van der Waals surface area contributed by atoms with Crippen LogP contribution in [-0.4, -0.2) is 21.8 Å². The summed E-state index contributed by atoms with van der Waals surface area (Å²) in [5.41, 5.74) is 3.33. The summed E-state index contributed by atoms with van der Waals surface area (Å²) in [6.45, 7) is 0.616. The molecule has 3 heterocycles. The fourth-order valence-electron chi connectivity index (χ4n) is 3.10. The summed E-state index contributed by atoms with van der Waals surface area (Å²) in [5, 5.41) is 3.02. The molecule has 4 nitrogen and oxygen atoms in total. The van der Waals surface area contributed by atoms with Crippen LogP contribution in [0.3, 0.4) is 0 Å². The normalized spacial score (nSPS) is 13.9. The molecule has 1 aliphatic carbocycles. The zero-order valence-electron chi connectivity index (χ0n) is 12.9. The number of aryl methyl sites for hydroxylation is 2. The van der Waals surface area contributed by atoms with Gasteiger partial charge in [0.1, 0.15) is 5.65 Å². The number of amides is 1. The Morgan fingerprint density at radius 3 is 3.09 bits per heavy atom. The van der Waals surface area contributed by atoms with Crippen molar-refractivity contribution in [2.75, 3.05) is 6.54 Å². The average Bonchev–Trinajstić information content (AvgIpc) is 3.18. The zero-order chi connectivity index (χ0) is 15.6. The maximum Gasteiger partial charge on any atom is 0.261 e. The minimum atomic E-state index is 0.0492. The third-order valence-electron chi connectivity index (χ3n) is 4.30. The first-order valence-corrected chi connectivity index (χ1v) is 8.94. The lowest BCUT2D eigenvalue weighted by atomic mass is 9.99. The highest BCUT2D eigenvalue weighted by Crippen LogP contribution is 2.29. The number of imidazole rings is 1. The number of thiophene rings is 1. The van der Waals surface area contributed by atoms with E-state index in [1.165, 1.54) is 23.3 Å². The number of hydrogen-bond acceptors (Lipinski definition) is 3. The van der Waals surface area contributed by atoms with Gasteiger partial charge in [0.2, 0.25) is 0 Å². The highest BCUT2D eigenvalue weighted by atomic mass is 32.1. The summed E-state index contributed by atoms with van der Waals surface area (Å²) < 4.78 is 2.00. The first kappa shape index (κ1) is 14.5. The maximum absolute atomic E-state index is 12.3. The van der Waals surface area contributed by atoms with Gasteiger partial charge in [-0.3, -0.25) is 4.79 Å². The van der Waals surface area contributed by atoms with Crippen molar-refractivity contribution in [3.05, 3.63) is 57.7 Å². The van der Waals surface area contributed by atoms with Gasteiger partial charge in [0.25, 0.3) is 5.91 Å². The second-order valence-corrected chi connectivity index (χ2v) is 7.11. The molecule has 1 aliphatic rings. The number of carbonyl (C=O) groups is 1. The van der Waals surface area contributed by atoms with E-state index in [9.17, 15) is 4.79 Å². The lowest BCUT2D eigenvalue weighted by Crippen LogP contribution is -2.24. The van der Waals surface area contributed by atoms with E-state index in [0.717, 1.165) is 35.5 Å². The van der Waals surface area contributed by atoms with Crippen LogP contribution in [0.5, 0.6) is 0 Å². The van der Waals surface area contributed by atoms with Crippen LogP contribution in [0.25, 0.3) is 5.65 Å². The summed E-state index contributed by atoms with van der Waals surface area (Å²) >= 11 is 1.66. The van der Waals surface area contributed by atoms with Crippen molar-refractivity contribution in [1.82, 2.24) is 14.7 Å². The molecular formula is C18H19N3OS. The summed E-state index contributed by atoms with van der Waals surface area (Å²) in [6.07, 6.45) is 9.51. The highest BCUT2D eigenvalue weighted by molar-refractivity contribution is 7.14. The number of aromatic nitrogens is 2. The number of nitrogens with one attached hydrogen (secondary N) is 1. The molecule has 0 radical (unpaired) electrons. The lowest BCUT2D eigenvalue weighted by Gasteiger charge is -2.08. The lowest BCUT2D eigenvalue weighted by molar-refractivity contribution is 0.0958. The molecule has 0 atom stereocenters. The van der Waals surface area contributed by atoms with Crippen LogP contribution >= 0.6 is 11.3 Å². The molecule has 118 valence electrons. The predicted octanol–water partition coefficient (Wildman–Crippen LogP) is 3.25. The minimum Gasteiger partial charge on any atom is -0.351 e. The Hall–Kier alpha value is -2.14. The van der Waals surface area contributed by atoms with Crippen LogP contribution in [0.15, 0.2) is 36.7 Å². The van der Waals surface area contributed by atoms with Crippen LogP contribution in [0, 0.1) is 0 Å². The largest absolute Gasteiger partial charge is 0.351 e. The molecule has 23 heavy (non-hydrogen) atoms. The van der Waals surface area contributed by atoms with Gasteiger partial charge in [-0.05, 0) is 49.4 Å². The Balaban J connectivity index is 1.37. The summed E-state index contributed by atoms with van der Waals surface area (Å²) in [5.74, 6) is 0.0492. The van der Waals surface area contributed by atoms with Crippen LogP contribution in [-0.2, 0) is 19.3 Å². The first-order valence-electron chi connectivity index (χ1n) is 8.12. The molecule has 0 unspecified atom stereocenters. The van der Waals surface area contributed by atoms with E-state index in [1.54, 1.807) is 11.3 Å². The molecular weight excluding hydrogens is 306 g/mol. The highest BCUT2D eigenvalue weighted by Gasteiger charge is 2.17. The van der Waals surface area contributed by atoms with Crippen LogP contribution < -0.4 is 5.32 Å². The first-order chi connectivity index (χ1) is 11.3. The van der Waals surface area contributed by atoms with Crippen LogP contribution in [0.2, 0.25) is 0 Å². The number of pyridine rings is 1. The average molecular weight is 325 g/mol. The molecule has 3 aromatic heterocycles. The molecule has 0 aromatic carbocycles. The number of rotatable bonds is 4. The topological polar surface area (TPSA) is 46.4 Å². The Morgan fingerprint density at radius 2 is 2.22 bits per heavy atom. The molecule has 0 saturated carbocycles. The molecule has 1 N–H and O–H groups in total. The van der Waals surface area contributed by atoms with Gasteiger partial charge in [-0.1, -0.05) is 6.07 Å². The SMILES string of the molecule is O=C(NCCc1cn2ccccc2n1)c1cc2c(s1)CCCC2. The maximum atomic E-state index is 12.3. The third kappa shape index (κ3) is 3.01. The molecule has 0 saturated heterocycles. The van der Waals surface area contributed by atoms with Crippen molar-refractivity contribution in [3.63, 3.8) is 0 Å². The molecule has 0 bridgehead atoms. The molecule has 0 fully saturated rings. The molecule has 3 aromatic rings. The van der Waals surface area contributed by atoms with Gasteiger partial charge in [-0.25, -0.2) is 4.98 Å². The number of carbonyl (C=O) groups excluding carboxylic acids is 1. The summed E-state index contributed by atoms with van der Waals surface area (Å²) in [6, 6.07) is 8.03. The van der Waals surface area contributed by atoms with Gasteiger partial charge in [0.05, 0.1) is 10.6 Å². The minimum absolute atomic E-state index is 0.0492.